The van der Waals surface area contributed by atoms with Crippen LogP contribution in [-0.2, 0) is 23.8 Å². The van der Waals surface area contributed by atoms with Gasteiger partial charge in [0.05, 0.1) is 24.9 Å². The number of carboxylic acid groups (broad SMARTS) is 2. The first-order chi connectivity index (χ1) is 10.3. The topological polar surface area (TPSA) is 140 Å². The third kappa shape index (κ3) is 2.95. The van der Waals surface area contributed by atoms with Crippen LogP contribution >= 0.6 is 0 Å². The van der Waals surface area contributed by atoms with Gasteiger partial charge in [-0.2, -0.15) is 0 Å². The number of likely N-dealkylation sites (N-methyl/N-ethyl adjacent to an activating group) is 1. The molecule has 0 aromatic carbocycles. The van der Waals surface area contributed by atoms with Crippen molar-refractivity contribution in [2.75, 3.05) is 20.8 Å². The molecule has 2 aliphatic heterocycles. The Labute approximate surface area is 127 Å². The molecule has 2 saturated heterocycles. The molecule has 3 unspecified atom stereocenters. The lowest BCUT2D eigenvalue weighted by atomic mass is 9.89. The highest BCUT2D eigenvalue weighted by atomic mass is 16.6. The van der Waals surface area contributed by atoms with Crippen LogP contribution in [0, 0.1) is 0 Å². The van der Waals surface area contributed by atoms with Gasteiger partial charge in [-0.05, 0) is 7.05 Å². The van der Waals surface area contributed by atoms with E-state index in [1.165, 1.54) is 0 Å². The van der Waals surface area contributed by atoms with Crippen LogP contribution in [0.15, 0.2) is 0 Å². The fraction of sp³-hybridized carbons (Fsp3) is 0.846. The lowest BCUT2D eigenvalue weighted by Gasteiger charge is -2.38. The molecule has 2 aliphatic rings. The Kier molecular flexibility index (Phi) is 5.03. The Hall–Kier alpha value is -1.26. The van der Waals surface area contributed by atoms with Crippen molar-refractivity contribution < 1.29 is 34.0 Å². The Balaban J connectivity index is 2.22. The molecule has 0 aromatic heterocycles. The Morgan fingerprint density at radius 3 is 2.68 bits per heavy atom. The fourth-order valence-electron chi connectivity index (χ4n) is 3.18. The smallest absolute Gasteiger partial charge is 0.336 e. The molecule has 2 heterocycles. The van der Waals surface area contributed by atoms with Gasteiger partial charge in [-0.1, -0.05) is 0 Å². The van der Waals surface area contributed by atoms with Crippen LogP contribution in [-0.4, -0.2) is 78.9 Å². The molecule has 0 bridgehead atoms. The average Bonchev–Trinajstić information content (AvgIpc) is 2.85. The number of carbonyl (C=O) groups is 2. The van der Waals surface area contributed by atoms with E-state index in [2.05, 4.69) is 5.32 Å². The van der Waals surface area contributed by atoms with Gasteiger partial charge < -0.3 is 35.5 Å². The lowest BCUT2D eigenvalue weighted by molar-refractivity contribution is -0.177. The number of carboxylic acids is 2. The maximum atomic E-state index is 11.7. The van der Waals surface area contributed by atoms with Crippen molar-refractivity contribution in [3.05, 3.63) is 0 Å². The molecule has 6 atom stereocenters. The number of rotatable bonds is 6. The van der Waals surface area contributed by atoms with Crippen molar-refractivity contribution >= 4 is 11.9 Å². The van der Waals surface area contributed by atoms with E-state index in [-0.39, 0.29) is 25.0 Å². The minimum absolute atomic E-state index is 0.0581. The van der Waals surface area contributed by atoms with Crippen molar-refractivity contribution in [2.24, 2.45) is 5.73 Å². The van der Waals surface area contributed by atoms with Crippen molar-refractivity contribution in [2.45, 2.75) is 48.8 Å². The quantitative estimate of drug-likeness (QED) is 0.456. The molecular weight excluding hydrogens is 296 g/mol. The Bertz CT molecular complexity index is 446. The number of ether oxygens (including phenoxy) is 3. The van der Waals surface area contributed by atoms with Gasteiger partial charge in [0.2, 0.25) is 0 Å². The molecule has 0 aromatic rings. The molecule has 0 aliphatic carbocycles. The van der Waals surface area contributed by atoms with E-state index in [1.807, 2.05) is 0 Å². The number of hydrogen-bond donors (Lipinski definition) is 4. The zero-order valence-electron chi connectivity index (χ0n) is 12.5. The van der Waals surface area contributed by atoms with Crippen molar-refractivity contribution in [3.63, 3.8) is 0 Å². The van der Waals surface area contributed by atoms with E-state index in [4.69, 9.17) is 25.1 Å². The summed E-state index contributed by atoms with van der Waals surface area (Å²) in [5, 5.41) is 21.5. The summed E-state index contributed by atoms with van der Waals surface area (Å²) in [5.74, 6) is -2.49. The van der Waals surface area contributed by atoms with Crippen molar-refractivity contribution in [1.82, 2.24) is 5.32 Å². The third-order valence-electron chi connectivity index (χ3n) is 4.38. The molecule has 9 heteroatoms. The molecule has 22 heavy (non-hydrogen) atoms. The van der Waals surface area contributed by atoms with Gasteiger partial charge in [-0.3, -0.25) is 4.79 Å². The molecule has 2 fully saturated rings. The van der Waals surface area contributed by atoms with Crippen LogP contribution in [0.2, 0.25) is 0 Å². The first-order valence-corrected chi connectivity index (χ1v) is 7.06. The highest BCUT2D eigenvalue weighted by Gasteiger charge is 2.58. The van der Waals surface area contributed by atoms with Gasteiger partial charge in [0.1, 0.15) is 12.1 Å². The molecule has 0 spiro atoms. The number of fused-ring (bicyclic) bond motifs is 1. The lowest BCUT2D eigenvalue weighted by Crippen LogP contribution is -2.58. The third-order valence-corrected chi connectivity index (χ3v) is 4.38. The summed E-state index contributed by atoms with van der Waals surface area (Å²) in [4.78, 5) is 22.6. The van der Waals surface area contributed by atoms with Gasteiger partial charge in [0.15, 0.2) is 5.60 Å². The second-order valence-corrected chi connectivity index (χ2v) is 5.70. The standard InChI is InChI=1S/C13H22N2O7/c1-15-9-8(20-2)5-21-7-4-13(12(18)19,22-10(7)9)3-6(14)11(16)17/h6-10,15H,3-5,14H2,1-2H3,(H,16,17)(H,18,19)/t6?,7?,8-,9-,10?,13-/m1/s1. The van der Waals surface area contributed by atoms with Gasteiger partial charge in [-0.25, -0.2) is 4.79 Å². The van der Waals surface area contributed by atoms with E-state index >= 15 is 0 Å². The second-order valence-electron chi connectivity index (χ2n) is 5.70. The highest BCUT2D eigenvalue weighted by molar-refractivity contribution is 5.81. The summed E-state index contributed by atoms with van der Waals surface area (Å²) in [6, 6.07) is -1.56. The largest absolute Gasteiger partial charge is 0.480 e. The zero-order valence-corrected chi connectivity index (χ0v) is 12.5. The zero-order chi connectivity index (χ0) is 16.5. The summed E-state index contributed by atoms with van der Waals surface area (Å²) in [6.07, 6.45) is -1.52. The fourth-order valence-corrected chi connectivity index (χ4v) is 3.18. The minimum Gasteiger partial charge on any atom is -0.480 e. The maximum Gasteiger partial charge on any atom is 0.336 e. The van der Waals surface area contributed by atoms with E-state index < -0.39 is 35.8 Å². The highest BCUT2D eigenvalue weighted by Crippen LogP contribution is 2.40. The van der Waals surface area contributed by atoms with Crippen LogP contribution in [0.1, 0.15) is 12.8 Å². The first-order valence-electron chi connectivity index (χ1n) is 7.06. The molecule has 0 saturated carbocycles. The van der Waals surface area contributed by atoms with E-state index in [1.54, 1.807) is 14.2 Å². The van der Waals surface area contributed by atoms with Crippen LogP contribution in [0.5, 0.6) is 0 Å². The Morgan fingerprint density at radius 2 is 2.18 bits per heavy atom. The van der Waals surface area contributed by atoms with Gasteiger partial charge in [0.25, 0.3) is 0 Å². The van der Waals surface area contributed by atoms with Crippen LogP contribution in [0.25, 0.3) is 0 Å². The average molecular weight is 318 g/mol. The minimum atomic E-state index is -1.66. The van der Waals surface area contributed by atoms with Gasteiger partial charge in [0, 0.05) is 20.0 Å². The van der Waals surface area contributed by atoms with Gasteiger partial charge in [-0.15, -0.1) is 0 Å². The number of nitrogens with one attached hydrogen (secondary N) is 1. The van der Waals surface area contributed by atoms with Gasteiger partial charge >= 0.3 is 11.9 Å². The SMILES string of the molecule is CN[C@H]1C2O[C@@](CC(N)C(=O)O)(C(=O)O)CC2OC[C@H]1OC. The molecule has 9 nitrogen and oxygen atoms in total. The monoisotopic (exact) mass is 318 g/mol. The number of aliphatic carboxylic acids is 2. The molecule has 5 N–H and O–H groups in total. The first kappa shape index (κ1) is 17.1. The summed E-state index contributed by atoms with van der Waals surface area (Å²) >= 11 is 0. The molecule has 0 amide bonds. The second kappa shape index (κ2) is 6.47. The predicted molar refractivity (Wildman–Crippen MR) is 73.5 cm³/mol. The predicted octanol–water partition coefficient (Wildman–Crippen LogP) is -1.60. The van der Waals surface area contributed by atoms with Crippen LogP contribution < -0.4 is 11.1 Å². The number of methoxy groups -OCH3 is 1. The van der Waals surface area contributed by atoms with Crippen molar-refractivity contribution in [3.8, 4) is 0 Å². The van der Waals surface area contributed by atoms with Crippen LogP contribution in [0.3, 0.4) is 0 Å². The van der Waals surface area contributed by atoms with Crippen molar-refractivity contribution in [1.29, 1.82) is 0 Å². The number of hydrogen-bond acceptors (Lipinski definition) is 7. The summed E-state index contributed by atoms with van der Waals surface area (Å²) in [6.45, 7) is 0.313. The molecule has 2 rings (SSSR count). The molecular formula is C13H22N2O7. The Morgan fingerprint density at radius 1 is 1.50 bits per heavy atom. The summed E-state index contributed by atoms with van der Waals surface area (Å²) in [5.41, 5.74) is 3.84. The van der Waals surface area contributed by atoms with E-state index in [0.29, 0.717) is 6.61 Å². The molecule has 0 radical (unpaired) electrons. The summed E-state index contributed by atoms with van der Waals surface area (Å²) in [7, 11) is 3.27. The van der Waals surface area contributed by atoms with Crippen LogP contribution in [0.4, 0.5) is 0 Å². The van der Waals surface area contributed by atoms with E-state index in [9.17, 15) is 14.7 Å². The normalized spacial score (nSPS) is 39.2. The van der Waals surface area contributed by atoms with E-state index in [0.717, 1.165) is 0 Å². The molecule has 126 valence electrons. The maximum absolute atomic E-state index is 11.7. The summed E-state index contributed by atoms with van der Waals surface area (Å²) < 4.78 is 16.7. The number of nitrogens with two attached hydrogens (primary N) is 1.